The standard InChI is InChI=1S/C18H16F4N4O2/c1-10-24-14(9-23)16-15(26(17(27)28)7-6-25(10)16)5-3-11-2-4-12(13(19)8-11)18(20,21)22/h2,4,8,15H,3,5-7H2,1H3,(H,27,28). The highest BCUT2D eigenvalue weighted by Gasteiger charge is 2.36. The number of amides is 1. The first-order chi connectivity index (χ1) is 13.1. The summed E-state index contributed by atoms with van der Waals surface area (Å²) in [5.41, 5.74) is -0.461. The van der Waals surface area contributed by atoms with Crippen LogP contribution in [0, 0.1) is 24.1 Å². The van der Waals surface area contributed by atoms with Crippen LogP contribution >= 0.6 is 0 Å². The fourth-order valence-electron chi connectivity index (χ4n) is 3.56. The van der Waals surface area contributed by atoms with Crippen molar-refractivity contribution in [3.8, 4) is 6.07 Å². The molecule has 6 nitrogen and oxygen atoms in total. The molecule has 2 heterocycles. The third-order valence-electron chi connectivity index (χ3n) is 4.85. The van der Waals surface area contributed by atoms with Crippen LogP contribution in [0.4, 0.5) is 22.4 Å². The zero-order valence-electron chi connectivity index (χ0n) is 14.8. The maximum absolute atomic E-state index is 13.8. The van der Waals surface area contributed by atoms with E-state index in [1.165, 1.54) is 11.0 Å². The van der Waals surface area contributed by atoms with E-state index in [4.69, 9.17) is 0 Å². The van der Waals surface area contributed by atoms with Gasteiger partial charge in [-0.15, -0.1) is 0 Å². The van der Waals surface area contributed by atoms with Gasteiger partial charge in [-0.1, -0.05) is 6.07 Å². The van der Waals surface area contributed by atoms with E-state index in [1.54, 1.807) is 11.5 Å². The first-order valence-electron chi connectivity index (χ1n) is 8.45. The van der Waals surface area contributed by atoms with Crippen LogP contribution in [0.3, 0.4) is 0 Å². The summed E-state index contributed by atoms with van der Waals surface area (Å²) in [6, 6.07) is 3.92. The Morgan fingerprint density at radius 1 is 1.39 bits per heavy atom. The number of nitriles is 1. The maximum atomic E-state index is 13.8. The van der Waals surface area contributed by atoms with Crippen molar-refractivity contribution in [1.29, 1.82) is 5.26 Å². The molecule has 3 rings (SSSR count). The number of hydrogen-bond donors (Lipinski definition) is 1. The Morgan fingerprint density at radius 3 is 2.68 bits per heavy atom. The smallest absolute Gasteiger partial charge is 0.419 e. The molecular formula is C18H16F4N4O2. The molecule has 1 aromatic carbocycles. The van der Waals surface area contributed by atoms with Crippen LogP contribution in [0.2, 0.25) is 0 Å². The Balaban J connectivity index is 1.89. The molecule has 28 heavy (non-hydrogen) atoms. The van der Waals surface area contributed by atoms with Gasteiger partial charge in [-0.05, 0) is 37.5 Å². The summed E-state index contributed by atoms with van der Waals surface area (Å²) in [5.74, 6) is -0.788. The number of aryl methyl sites for hydroxylation is 2. The molecule has 0 radical (unpaired) electrons. The minimum atomic E-state index is -4.78. The number of halogens is 4. The Labute approximate surface area is 157 Å². The van der Waals surface area contributed by atoms with Gasteiger partial charge in [0.15, 0.2) is 5.69 Å². The fraction of sp³-hybridized carbons (Fsp3) is 0.389. The van der Waals surface area contributed by atoms with Gasteiger partial charge in [0, 0.05) is 13.1 Å². The minimum Gasteiger partial charge on any atom is -0.465 e. The van der Waals surface area contributed by atoms with Crippen LogP contribution in [0.15, 0.2) is 18.2 Å². The largest absolute Gasteiger partial charge is 0.465 e. The normalized spacial score (nSPS) is 16.6. The van der Waals surface area contributed by atoms with Gasteiger partial charge in [0.2, 0.25) is 0 Å². The first-order valence-corrected chi connectivity index (χ1v) is 8.45. The van der Waals surface area contributed by atoms with Crippen molar-refractivity contribution in [3.63, 3.8) is 0 Å². The van der Waals surface area contributed by atoms with Crippen molar-refractivity contribution in [3.05, 3.63) is 52.4 Å². The summed E-state index contributed by atoms with van der Waals surface area (Å²) in [6.07, 6.45) is -5.63. The topological polar surface area (TPSA) is 82.2 Å². The molecule has 1 aromatic heterocycles. The Hall–Kier alpha value is -3.09. The highest BCUT2D eigenvalue weighted by atomic mass is 19.4. The maximum Gasteiger partial charge on any atom is 0.419 e. The van der Waals surface area contributed by atoms with Gasteiger partial charge in [-0.2, -0.15) is 18.4 Å². The van der Waals surface area contributed by atoms with E-state index in [2.05, 4.69) is 4.98 Å². The summed E-state index contributed by atoms with van der Waals surface area (Å²) in [5, 5.41) is 18.8. The van der Waals surface area contributed by atoms with Crippen molar-refractivity contribution >= 4 is 6.09 Å². The molecule has 0 spiro atoms. The van der Waals surface area contributed by atoms with E-state index in [0.29, 0.717) is 29.7 Å². The average molecular weight is 396 g/mol. The van der Waals surface area contributed by atoms with E-state index in [1.807, 2.05) is 6.07 Å². The Morgan fingerprint density at radius 2 is 2.11 bits per heavy atom. The molecule has 1 aliphatic heterocycles. The molecule has 1 aliphatic rings. The fourth-order valence-corrected chi connectivity index (χ4v) is 3.56. The number of nitrogens with zero attached hydrogens (tertiary/aromatic N) is 4. The van der Waals surface area contributed by atoms with Gasteiger partial charge < -0.3 is 9.67 Å². The second kappa shape index (κ2) is 7.14. The SMILES string of the molecule is Cc1nc(C#N)c2n1CCN(C(=O)O)C2CCc1ccc(C(F)(F)F)c(F)c1. The van der Waals surface area contributed by atoms with Gasteiger partial charge in [0.1, 0.15) is 17.7 Å². The molecule has 0 saturated heterocycles. The highest BCUT2D eigenvalue weighted by Crippen LogP contribution is 2.34. The molecule has 0 fully saturated rings. The second-order valence-corrected chi connectivity index (χ2v) is 6.50. The minimum absolute atomic E-state index is 0.118. The third-order valence-corrected chi connectivity index (χ3v) is 4.85. The quantitative estimate of drug-likeness (QED) is 0.798. The van der Waals surface area contributed by atoms with Gasteiger partial charge >= 0.3 is 12.3 Å². The lowest BCUT2D eigenvalue weighted by molar-refractivity contribution is -0.140. The van der Waals surface area contributed by atoms with Crippen molar-refractivity contribution in [2.24, 2.45) is 0 Å². The van der Waals surface area contributed by atoms with Gasteiger partial charge in [0.05, 0.1) is 17.3 Å². The van der Waals surface area contributed by atoms with Crippen LogP contribution in [0.1, 0.15) is 40.8 Å². The molecule has 1 amide bonds. The molecule has 1 atom stereocenters. The molecule has 0 saturated carbocycles. The van der Waals surface area contributed by atoms with E-state index >= 15 is 0 Å². The van der Waals surface area contributed by atoms with E-state index in [-0.39, 0.29) is 25.1 Å². The lowest BCUT2D eigenvalue weighted by Crippen LogP contribution is -2.42. The average Bonchev–Trinajstić information content (AvgIpc) is 2.94. The van der Waals surface area contributed by atoms with Crippen molar-refractivity contribution < 1.29 is 27.5 Å². The lowest BCUT2D eigenvalue weighted by atomic mass is 9.98. The number of aromatic nitrogens is 2. The van der Waals surface area contributed by atoms with Crippen LogP contribution in [-0.4, -0.2) is 32.2 Å². The summed E-state index contributed by atoms with van der Waals surface area (Å²) in [4.78, 5) is 17.0. The molecule has 10 heteroatoms. The van der Waals surface area contributed by atoms with Crippen LogP contribution in [-0.2, 0) is 19.1 Å². The number of imidazole rings is 1. The number of benzene rings is 1. The van der Waals surface area contributed by atoms with Crippen molar-refractivity contribution in [2.75, 3.05) is 6.54 Å². The molecule has 0 aliphatic carbocycles. The van der Waals surface area contributed by atoms with E-state index in [0.717, 1.165) is 6.07 Å². The molecule has 1 unspecified atom stereocenters. The molecular weight excluding hydrogens is 380 g/mol. The van der Waals surface area contributed by atoms with Crippen LogP contribution in [0.5, 0.6) is 0 Å². The van der Waals surface area contributed by atoms with E-state index < -0.39 is 29.7 Å². The zero-order valence-corrected chi connectivity index (χ0v) is 14.8. The van der Waals surface area contributed by atoms with Gasteiger partial charge in [0.25, 0.3) is 0 Å². The molecule has 0 bridgehead atoms. The van der Waals surface area contributed by atoms with Crippen LogP contribution in [0.25, 0.3) is 0 Å². The summed E-state index contributed by atoms with van der Waals surface area (Å²) in [7, 11) is 0. The number of carboxylic acid groups (broad SMARTS) is 1. The first kappa shape index (κ1) is 19.7. The third kappa shape index (κ3) is 3.52. The molecule has 1 N–H and O–H groups in total. The molecule has 2 aromatic rings. The van der Waals surface area contributed by atoms with Crippen molar-refractivity contribution in [2.45, 2.75) is 38.5 Å². The number of alkyl halides is 3. The second-order valence-electron chi connectivity index (χ2n) is 6.50. The summed E-state index contributed by atoms with van der Waals surface area (Å²) >= 11 is 0. The number of rotatable bonds is 3. The van der Waals surface area contributed by atoms with Gasteiger partial charge in [-0.25, -0.2) is 14.2 Å². The predicted molar refractivity (Wildman–Crippen MR) is 88.9 cm³/mol. The Kier molecular flexibility index (Phi) is 5.02. The number of hydrogen-bond acceptors (Lipinski definition) is 3. The highest BCUT2D eigenvalue weighted by molar-refractivity contribution is 5.66. The van der Waals surface area contributed by atoms with Gasteiger partial charge in [-0.3, -0.25) is 4.90 Å². The molecule has 148 valence electrons. The van der Waals surface area contributed by atoms with Crippen molar-refractivity contribution in [1.82, 2.24) is 14.5 Å². The zero-order chi connectivity index (χ0) is 20.6. The predicted octanol–water partition coefficient (Wildman–Crippen LogP) is 3.89. The Bertz CT molecular complexity index is 962. The van der Waals surface area contributed by atoms with Crippen LogP contribution < -0.4 is 0 Å². The number of fused-ring (bicyclic) bond motifs is 1. The summed E-state index contributed by atoms with van der Waals surface area (Å²) in [6.45, 7) is 2.26. The lowest BCUT2D eigenvalue weighted by Gasteiger charge is -2.35. The summed E-state index contributed by atoms with van der Waals surface area (Å²) < 4.78 is 53.7. The number of carbonyl (C=O) groups is 1. The monoisotopic (exact) mass is 396 g/mol. The van der Waals surface area contributed by atoms with E-state index in [9.17, 15) is 32.7 Å².